The van der Waals surface area contributed by atoms with Crippen LogP contribution in [0.5, 0.6) is 0 Å². The van der Waals surface area contributed by atoms with E-state index >= 15 is 0 Å². The smallest absolute Gasteiger partial charge is 0.0598 e. The Balaban J connectivity index is 1.82. The second-order valence-corrected chi connectivity index (χ2v) is 3.86. The molecule has 2 rings (SSSR count). The highest BCUT2D eigenvalue weighted by Gasteiger charge is 2.24. The van der Waals surface area contributed by atoms with E-state index in [0.29, 0.717) is 6.42 Å². The van der Waals surface area contributed by atoms with Crippen molar-refractivity contribution in [2.45, 2.75) is 31.8 Å². The molecule has 1 fully saturated rings. The summed E-state index contributed by atoms with van der Waals surface area (Å²) < 4.78 is 0. The van der Waals surface area contributed by atoms with E-state index in [1.807, 2.05) is 18.2 Å². The molecule has 1 saturated carbocycles. The third-order valence-electron chi connectivity index (χ3n) is 2.47. The Morgan fingerprint density at radius 2 is 2.31 bits per heavy atom. The first-order valence-corrected chi connectivity index (χ1v) is 4.92. The van der Waals surface area contributed by atoms with Crippen molar-refractivity contribution in [1.82, 2.24) is 4.98 Å². The molecule has 0 radical (unpaired) electrons. The van der Waals surface area contributed by atoms with Crippen LogP contribution in [0, 0.1) is 5.92 Å². The molecule has 13 heavy (non-hydrogen) atoms. The maximum absolute atomic E-state index is 9.67. The number of nitrogens with zero attached hydrogens (tertiary/aromatic N) is 1. The fourth-order valence-corrected chi connectivity index (χ4v) is 1.58. The molecule has 1 unspecified atom stereocenters. The fourth-order valence-electron chi connectivity index (χ4n) is 1.58. The van der Waals surface area contributed by atoms with Gasteiger partial charge in [0.1, 0.15) is 0 Å². The van der Waals surface area contributed by atoms with Gasteiger partial charge in [-0.3, -0.25) is 4.98 Å². The second kappa shape index (κ2) is 3.88. The summed E-state index contributed by atoms with van der Waals surface area (Å²) in [7, 11) is 0. The SMILES string of the molecule is OC(Cc1ccccn1)CC1CC1. The van der Waals surface area contributed by atoms with E-state index in [9.17, 15) is 5.11 Å². The van der Waals surface area contributed by atoms with E-state index in [1.165, 1.54) is 12.8 Å². The second-order valence-electron chi connectivity index (χ2n) is 3.86. The van der Waals surface area contributed by atoms with Gasteiger partial charge in [-0.1, -0.05) is 18.9 Å². The summed E-state index contributed by atoms with van der Waals surface area (Å²) in [6.07, 6.45) is 5.86. The third kappa shape index (κ3) is 2.81. The summed E-state index contributed by atoms with van der Waals surface area (Å²) in [6, 6.07) is 5.83. The molecule has 2 heteroatoms. The van der Waals surface area contributed by atoms with E-state index in [0.717, 1.165) is 18.0 Å². The average Bonchev–Trinajstić information content (AvgIpc) is 2.90. The first-order chi connectivity index (χ1) is 6.34. The van der Waals surface area contributed by atoms with Gasteiger partial charge in [0.15, 0.2) is 0 Å². The monoisotopic (exact) mass is 177 g/mol. The maximum atomic E-state index is 9.67. The molecule has 0 aromatic carbocycles. The Labute approximate surface area is 78.6 Å². The first-order valence-electron chi connectivity index (χ1n) is 4.92. The van der Waals surface area contributed by atoms with Crippen molar-refractivity contribution < 1.29 is 5.11 Å². The number of aliphatic hydroxyl groups excluding tert-OH is 1. The van der Waals surface area contributed by atoms with Crippen molar-refractivity contribution in [3.05, 3.63) is 30.1 Å². The molecule has 1 aromatic heterocycles. The summed E-state index contributed by atoms with van der Waals surface area (Å²) in [5, 5.41) is 9.67. The van der Waals surface area contributed by atoms with Crippen LogP contribution in [0.1, 0.15) is 25.0 Å². The average molecular weight is 177 g/mol. The van der Waals surface area contributed by atoms with Crippen molar-refractivity contribution in [3.63, 3.8) is 0 Å². The molecule has 0 saturated heterocycles. The van der Waals surface area contributed by atoms with Crippen molar-refractivity contribution in [1.29, 1.82) is 0 Å². The molecular formula is C11H15NO. The molecule has 1 aromatic rings. The molecule has 0 bridgehead atoms. The van der Waals surface area contributed by atoms with E-state index in [-0.39, 0.29) is 6.10 Å². The van der Waals surface area contributed by atoms with Crippen LogP contribution in [-0.2, 0) is 6.42 Å². The zero-order valence-corrected chi connectivity index (χ0v) is 7.69. The highest BCUT2D eigenvalue weighted by atomic mass is 16.3. The molecule has 70 valence electrons. The topological polar surface area (TPSA) is 33.1 Å². The number of pyridine rings is 1. The lowest BCUT2D eigenvalue weighted by Crippen LogP contribution is -2.11. The zero-order chi connectivity index (χ0) is 9.10. The molecule has 1 heterocycles. The van der Waals surface area contributed by atoms with Crippen LogP contribution in [0.25, 0.3) is 0 Å². The van der Waals surface area contributed by atoms with Gasteiger partial charge in [0, 0.05) is 18.3 Å². The molecule has 1 atom stereocenters. The Bertz CT molecular complexity index is 256. The Kier molecular flexibility index (Phi) is 2.60. The van der Waals surface area contributed by atoms with Crippen LogP contribution in [0.15, 0.2) is 24.4 Å². The summed E-state index contributed by atoms with van der Waals surface area (Å²) in [6.45, 7) is 0. The summed E-state index contributed by atoms with van der Waals surface area (Å²) in [5.74, 6) is 0.790. The Hall–Kier alpha value is -0.890. The number of hydrogen-bond donors (Lipinski definition) is 1. The zero-order valence-electron chi connectivity index (χ0n) is 7.69. The van der Waals surface area contributed by atoms with Gasteiger partial charge < -0.3 is 5.11 Å². The minimum atomic E-state index is -0.192. The predicted molar refractivity (Wildman–Crippen MR) is 51.3 cm³/mol. The highest BCUT2D eigenvalue weighted by molar-refractivity contribution is 5.04. The highest BCUT2D eigenvalue weighted by Crippen LogP contribution is 2.33. The van der Waals surface area contributed by atoms with Gasteiger partial charge in [-0.05, 0) is 24.5 Å². The van der Waals surface area contributed by atoms with E-state index in [4.69, 9.17) is 0 Å². The summed E-state index contributed by atoms with van der Waals surface area (Å²) in [5.41, 5.74) is 0.996. The third-order valence-corrected chi connectivity index (χ3v) is 2.47. The molecule has 1 N–H and O–H groups in total. The molecule has 2 nitrogen and oxygen atoms in total. The summed E-state index contributed by atoms with van der Waals surface area (Å²) in [4.78, 5) is 4.19. The number of rotatable bonds is 4. The van der Waals surface area contributed by atoms with Crippen LogP contribution >= 0.6 is 0 Å². The normalized spacial score (nSPS) is 18.5. The minimum Gasteiger partial charge on any atom is -0.393 e. The largest absolute Gasteiger partial charge is 0.393 e. The fraction of sp³-hybridized carbons (Fsp3) is 0.545. The lowest BCUT2D eigenvalue weighted by atomic mass is 10.1. The van der Waals surface area contributed by atoms with Crippen molar-refractivity contribution in [2.24, 2.45) is 5.92 Å². The van der Waals surface area contributed by atoms with Gasteiger partial charge in [-0.15, -0.1) is 0 Å². The molecule has 1 aliphatic rings. The molecular weight excluding hydrogens is 162 g/mol. The van der Waals surface area contributed by atoms with Crippen LogP contribution in [-0.4, -0.2) is 16.2 Å². The quantitative estimate of drug-likeness (QED) is 0.760. The lowest BCUT2D eigenvalue weighted by molar-refractivity contribution is 0.157. The molecule has 0 spiro atoms. The molecule has 1 aliphatic carbocycles. The lowest BCUT2D eigenvalue weighted by Gasteiger charge is -2.08. The van der Waals surface area contributed by atoms with Crippen molar-refractivity contribution in [3.8, 4) is 0 Å². The number of aromatic nitrogens is 1. The van der Waals surface area contributed by atoms with Crippen molar-refractivity contribution in [2.75, 3.05) is 0 Å². The Morgan fingerprint density at radius 1 is 1.46 bits per heavy atom. The predicted octanol–water partition coefficient (Wildman–Crippen LogP) is 1.79. The van der Waals surface area contributed by atoms with Crippen LogP contribution < -0.4 is 0 Å². The van der Waals surface area contributed by atoms with Gasteiger partial charge in [0.2, 0.25) is 0 Å². The van der Waals surface area contributed by atoms with Crippen molar-refractivity contribution >= 4 is 0 Å². The summed E-state index contributed by atoms with van der Waals surface area (Å²) >= 11 is 0. The van der Waals surface area contributed by atoms with Crippen LogP contribution in [0.4, 0.5) is 0 Å². The number of hydrogen-bond acceptors (Lipinski definition) is 2. The van der Waals surface area contributed by atoms with Gasteiger partial charge in [-0.25, -0.2) is 0 Å². The standard InChI is InChI=1S/C11H15NO/c13-11(7-9-4-5-9)8-10-3-1-2-6-12-10/h1-3,6,9,11,13H,4-5,7-8H2. The van der Waals surface area contributed by atoms with E-state index < -0.39 is 0 Å². The Morgan fingerprint density at radius 3 is 2.92 bits per heavy atom. The van der Waals surface area contributed by atoms with Gasteiger partial charge in [0.05, 0.1) is 6.10 Å². The van der Waals surface area contributed by atoms with E-state index in [2.05, 4.69) is 4.98 Å². The van der Waals surface area contributed by atoms with E-state index in [1.54, 1.807) is 6.20 Å². The maximum Gasteiger partial charge on any atom is 0.0598 e. The number of aliphatic hydroxyl groups is 1. The van der Waals surface area contributed by atoms with Crippen LogP contribution in [0.3, 0.4) is 0 Å². The van der Waals surface area contributed by atoms with Gasteiger partial charge in [-0.2, -0.15) is 0 Å². The minimum absolute atomic E-state index is 0.192. The molecule has 0 aliphatic heterocycles. The van der Waals surface area contributed by atoms with Crippen LogP contribution in [0.2, 0.25) is 0 Å². The van der Waals surface area contributed by atoms with Gasteiger partial charge >= 0.3 is 0 Å². The molecule has 0 amide bonds. The first kappa shape index (κ1) is 8.70. The van der Waals surface area contributed by atoms with Gasteiger partial charge in [0.25, 0.3) is 0 Å².